The van der Waals surface area contributed by atoms with Gasteiger partial charge in [0.2, 0.25) is 0 Å². The van der Waals surface area contributed by atoms with Gasteiger partial charge in [0.05, 0.1) is 38.8 Å². The van der Waals surface area contributed by atoms with Crippen LogP contribution in [0.25, 0.3) is 22.8 Å². The molecule has 4 aromatic rings. The SMILES string of the molecule is CCCCCCc1ccsc1C#Cc1ccnc(-c2cc(C(=O)O)cc(-c3cc(C(=O)O)ccn3)n2)c1. The van der Waals surface area contributed by atoms with Crippen LogP contribution in [0.3, 0.4) is 0 Å². The topological polar surface area (TPSA) is 113 Å². The molecule has 0 saturated carbocycles. The summed E-state index contributed by atoms with van der Waals surface area (Å²) in [5.41, 5.74) is 3.29. The van der Waals surface area contributed by atoms with Crippen molar-refractivity contribution in [3.05, 3.63) is 87.4 Å². The first kappa shape index (κ1) is 25.7. The molecule has 4 aromatic heterocycles. The predicted molar refractivity (Wildman–Crippen MR) is 143 cm³/mol. The fourth-order valence-electron chi connectivity index (χ4n) is 3.78. The van der Waals surface area contributed by atoms with Gasteiger partial charge in [-0.3, -0.25) is 9.97 Å². The monoisotopic (exact) mass is 511 g/mol. The Kier molecular flexibility index (Phi) is 8.39. The molecule has 7 nitrogen and oxygen atoms in total. The summed E-state index contributed by atoms with van der Waals surface area (Å²) in [5.74, 6) is 4.23. The minimum Gasteiger partial charge on any atom is -0.478 e. The molecule has 0 amide bonds. The zero-order valence-corrected chi connectivity index (χ0v) is 21.1. The number of carboxylic acids is 2. The summed E-state index contributed by atoms with van der Waals surface area (Å²) >= 11 is 1.63. The molecule has 0 saturated heterocycles. The second kappa shape index (κ2) is 12.1. The van der Waals surface area contributed by atoms with Crippen LogP contribution in [0.2, 0.25) is 0 Å². The highest BCUT2D eigenvalue weighted by Crippen LogP contribution is 2.24. The van der Waals surface area contributed by atoms with Crippen molar-refractivity contribution < 1.29 is 19.8 Å². The average molecular weight is 512 g/mol. The first-order valence-corrected chi connectivity index (χ1v) is 12.8. The largest absolute Gasteiger partial charge is 0.478 e. The zero-order valence-electron chi connectivity index (χ0n) is 20.3. The molecule has 0 bridgehead atoms. The minimum absolute atomic E-state index is 0.00730. The number of aryl methyl sites for hydroxylation is 1. The summed E-state index contributed by atoms with van der Waals surface area (Å²) in [4.78, 5) is 37.3. The van der Waals surface area contributed by atoms with Gasteiger partial charge in [-0.05, 0) is 66.2 Å². The van der Waals surface area contributed by atoms with E-state index in [0.29, 0.717) is 11.4 Å². The summed E-state index contributed by atoms with van der Waals surface area (Å²) in [6, 6.07) is 11.2. The summed E-state index contributed by atoms with van der Waals surface area (Å²) in [6.07, 6.45) is 8.79. The molecular formula is C29H25N3O4S. The standard InChI is InChI=1S/C29H25N3O4S/c1-2-3-4-5-6-20-11-14-37-27(20)8-7-19-9-12-30-23(15-19)25-17-22(29(35)36)18-26(32-25)24-16-21(28(33)34)10-13-31-24/h9-18H,2-6H2,1H3,(H,33,34)(H,35,36). The van der Waals surface area contributed by atoms with Crippen LogP contribution in [0, 0.1) is 11.8 Å². The van der Waals surface area contributed by atoms with E-state index in [1.807, 2.05) is 0 Å². The Hall–Kier alpha value is -4.35. The summed E-state index contributed by atoms with van der Waals surface area (Å²) in [7, 11) is 0. The Bertz CT molecular complexity index is 1500. The molecule has 37 heavy (non-hydrogen) atoms. The lowest BCUT2D eigenvalue weighted by Crippen LogP contribution is -2.02. The van der Waals surface area contributed by atoms with Crippen LogP contribution in [-0.4, -0.2) is 37.1 Å². The number of rotatable bonds is 9. The Labute approximate surface area is 218 Å². The maximum atomic E-state index is 11.8. The summed E-state index contributed by atoms with van der Waals surface area (Å²) in [5, 5.41) is 21.0. The van der Waals surface area contributed by atoms with Gasteiger partial charge in [0.25, 0.3) is 0 Å². The van der Waals surface area contributed by atoms with E-state index in [2.05, 4.69) is 45.2 Å². The molecule has 2 N–H and O–H groups in total. The number of aromatic carboxylic acids is 2. The third-order valence-corrected chi connectivity index (χ3v) is 6.60. The smallest absolute Gasteiger partial charge is 0.335 e. The van der Waals surface area contributed by atoms with Crippen LogP contribution < -0.4 is 0 Å². The summed E-state index contributed by atoms with van der Waals surface area (Å²) < 4.78 is 0. The third kappa shape index (κ3) is 6.66. The highest BCUT2D eigenvalue weighted by molar-refractivity contribution is 7.10. The van der Waals surface area contributed by atoms with Gasteiger partial charge < -0.3 is 10.2 Å². The van der Waals surface area contributed by atoms with Crippen LogP contribution in [0.1, 0.15) is 69.3 Å². The number of thiophene rings is 1. The number of hydrogen-bond acceptors (Lipinski definition) is 6. The van der Waals surface area contributed by atoms with Crippen LogP contribution >= 0.6 is 11.3 Å². The lowest BCUT2D eigenvalue weighted by molar-refractivity contribution is 0.0686. The van der Waals surface area contributed by atoms with Crippen molar-refractivity contribution in [2.45, 2.75) is 39.0 Å². The predicted octanol–water partition coefficient (Wildman–Crippen LogP) is 6.19. The van der Waals surface area contributed by atoms with Crippen molar-refractivity contribution in [1.82, 2.24) is 15.0 Å². The van der Waals surface area contributed by atoms with Gasteiger partial charge >= 0.3 is 11.9 Å². The van der Waals surface area contributed by atoms with Crippen LogP contribution in [0.5, 0.6) is 0 Å². The molecule has 0 aliphatic rings. The van der Waals surface area contributed by atoms with Crippen LogP contribution in [-0.2, 0) is 6.42 Å². The maximum Gasteiger partial charge on any atom is 0.335 e. The second-order valence-corrected chi connectivity index (χ2v) is 9.35. The highest BCUT2D eigenvalue weighted by Gasteiger charge is 2.14. The molecule has 0 radical (unpaired) electrons. The highest BCUT2D eigenvalue weighted by atomic mass is 32.1. The molecule has 0 unspecified atom stereocenters. The van der Waals surface area contributed by atoms with Crippen molar-refractivity contribution in [3.8, 4) is 34.6 Å². The number of aromatic nitrogens is 3. The van der Waals surface area contributed by atoms with Crippen molar-refractivity contribution in [3.63, 3.8) is 0 Å². The number of carboxylic acid groups (broad SMARTS) is 2. The van der Waals surface area contributed by atoms with E-state index in [4.69, 9.17) is 0 Å². The molecule has 8 heteroatoms. The lowest BCUT2D eigenvalue weighted by Gasteiger charge is -2.07. The number of unbranched alkanes of at least 4 members (excludes halogenated alkanes) is 3. The molecule has 4 rings (SSSR count). The Morgan fingerprint density at radius 2 is 1.49 bits per heavy atom. The van der Waals surface area contributed by atoms with Gasteiger partial charge in [0.1, 0.15) is 0 Å². The lowest BCUT2D eigenvalue weighted by atomic mass is 10.1. The van der Waals surface area contributed by atoms with Crippen molar-refractivity contribution >= 4 is 23.3 Å². The number of carbonyl (C=O) groups is 2. The Morgan fingerprint density at radius 1 is 0.811 bits per heavy atom. The molecule has 0 aliphatic carbocycles. The van der Waals surface area contributed by atoms with E-state index in [0.717, 1.165) is 23.3 Å². The number of hydrogen-bond donors (Lipinski definition) is 2. The average Bonchev–Trinajstić information content (AvgIpc) is 3.37. The van der Waals surface area contributed by atoms with E-state index in [1.165, 1.54) is 55.3 Å². The molecule has 4 heterocycles. The molecular weight excluding hydrogens is 486 g/mol. The maximum absolute atomic E-state index is 11.8. The van der Waals surface area contributed by atoms with Gasteiger partial charge in [-0.1, -0.05) is 38.0 Å². The third-order valence-electron chi connectivity index (χ3n) is 5.73. The fourth-order valence-corrected chi connectivity index (χ4v) is 4.58. The zero-order chi connectivity index (χ0) is 26.2. The van der Waals surface area contributed by atoms with Gasteiger partial charge in [0.15, 0.2) is 0 Å². The van der Waals surface area contributed by atoms with E-state index in [-0.39, 0.29) is 22.5 Å². The second-order valence-electron chi connectivity index (χ2n) is 8.43. The van der Waals surface area contributed by atoms with Crippen molar-refractivity contribution in [2.24, 2.45) is 0 Å². The van der Waals surface area contributed by atoms with Crippen LogP contribution in [0.15, 0.2) is 60.2 Å². The van der Waals surface area contributed by atoms with E-state index in [9.17, 15) is 19.8 Å². The molecule has 0 fully saturated rings. The molecule has 186 valence electrons. The van der Waals surface area contributed by atoms with Crippen molar-refractivity contribution in [2.75, 3.05) is 0 Å². The molecule has 0 aromatic carbocycles. The minimum atomic E-state index is -1.14. The molecule has 0 spiro atoms. The van der Waals surface area contributed by atoms with Gasteiger partial charge in [-0.2, -0.15) is 0 Å². The normalized spacial score (nSPS) is 10.5. The van der Waals surface area contributed by atoms with Gasteiger partial charge in [0, 0.05) is 18.0 Å². The van der Waals surface area contributed by atoms with E-state index < -0.39 is 11.9 Å². The first-order chi connectivity index (χ1) is 17.9. The Balaban J connectivity index is 1.65. The fraction of sp³-hybridized carbons (Fsp3) is 0.207. The molecule has 0 aliphatic heterocycles. The first-order valence-electron chi connectivity index (χ1n) is 11.9. The quantitative estimate of drug-likeness (QED) is 0.204. The Morgan fingerprint density at radius 3 is 2.19 bits per heavy atom. The van der Waals surface area contributed by atoms with E-state index >= 15 is 0 Å². The number of nitrogens with zero attached hydrogens (tertiary/aromatic N) is 3. The van der Waals surface area contributed by atoms with Gasteiger partial charge in [-0.15, -0.1) is 11.3 Å². The van der Waals surface area contributed by atoms with E-state index in [1.54, 1.807) is 29.7 Å². The van der Waals surface area contributed by atoms with Crippen molar-refractivity contribution in [1.29, 1.82) is 0 Å². The van der Waals surface area contributed by atoms with Crippen LogP contribution in [0.4, 0.5) is 0 Å². The molecule has 0 atom stereocenters. The summed E-state index contributed by atoms with van der Waals surface area (Å²) in [6.45, 7) is 2.20. The number of pyridine rings is 3. The van der Waals surface area contributed by atoms with Gasteiger partial charge in [-0.25, -0.2) is 14.6 Å².